The number of thiophene rings is 1. The molecule has 1 atom stereocenters. The number of rotatable bonds is 8. The Balaban J connectivity index is 2.04. The van der Waals surface area contributed by atoms with Gasteiger partial charge in [0.25, 0.3) is 5.91 Å². The van der Waals surface area contributed by atoms with Crippen LogP contribution in [0.3, 0.4) is 0 Å². The van der Waals surface area contributed by atoms with Crippen LogP contribution < -0.4 is 10.6 Å². The van der Waals surface area contributed by atoms with Crippen LogP contribution in [0, 0.1) is 10.1 Å². The number of amides is 1. The first-order valence-electron chi connectivity index (χ1n) is 8.39. The molecule has 3 rings (SSSR count). The third kappa shape index (κ3) is 4.33. The molecule has 0 aliphatic rings. The van der Waals surface area contributed by atoms with Crippen LogP contribution in [0.5, 0.6) is 0 Å². The van der Waals surface area contributed by atoms with E-state index in [-0.39, 0.29) is 24.5 Å². The number of aromatic nitrogens is 1. The van der Waals surface area contributed by atoms with Crippen molar-refractivity contribution < 1.29 is 14.8 Å². The van der Waals surface area contributed by atoms with Crippen molar-refractivity contribution in [2.45, 2.75) is 12.6 Å². The Hall–Kier alpha value is -3.30. The molecule has 28 heavy (non-hydrogen) atoms. The second-order valence-electron chi connectivity index (χ2n) is 6.09. The SMILES string of the molecule is NC(=O)c1ccnc(N(Cc2ccccc2)CC(O)c2ccsc2)c1[N+](=O)[O-]. The second kappa shape index (κ2) is 8.59. The molecule has 9 heteroatoms. The number of aliphatic hydroxyl groups excluding tert-OH is 1. The minimum atomic E-state index is -0.909. The number of nitrogens with zero attached hydrogens (tertiary/aromatic N) is 3. The molecule has 0 spiro atoms. The van der Waals surface area contributed by atoms with Crippen LogP contribution in [0.2, 0.25) is 0 Å². The molecule has 0 saturated carbocycles. The molecule has 2 heterocycles. The van der Waals surface area contributed by atoms with Gasteiger partial charge in [0.15, 0.2) is 0 Å². The van der Waals surface area contributed by atoms with E-state index in [0.717, 1.165) is 5.56 Å². The van der Waals surface area contributed by atoms with Crippen molar-refractivity contribution in [3.63, 3.8) is 0 Å². The number of hydrogen-bond donors (Lipinski definition) is 2. The molecule has 0 fully saturated rings. The smallest absolute Gasteiger partial charge is 0.324 e. The highest BCUT2D eigenvalue weighted by atomic mass is 32.1. The summed E-state index contributed by atoms with van der Waals surface area (Å²) < 4.78 is 0. The Morgan fingerprint density at radius 1 is 1.29 bits per heavy atom. The lowest BCUT2D eigenvalue weighted by Crippen LogP contribution is -2.30. The monoisotopic (exact) mass is 398 g/mol. The number of nitrogens with two attached hydrogens (primary N) is 1. The summed E-state index contributed by atoms with van der Waals surface area (Å²) in [6.45, 7) is 0.319. The Labute approximate surface area is 165 Å². The van der Waals surface area contributed by atoms with Crippen LogP contribution in [0.4, 0.5) is 11.5 Å². The highest BCUT2D eigenvalue weighted by molar-refractivity contribution is 7.07. The molecular formula is C19H18N4O4S. The first kappa shape index (κ1) is 19.5. The Kier molecular flexibility index (Phi) is 5.97. The molecule has 1 aromatic carbocycles. The topological polar surface area (TPSA) is 123 Å². The molecule has 0 aliphatic carbocycles. The normalized spacial score (nSPS) is 11.8. The standard InChI is InChI=1S/C19H18N4O4S/c20-18(25)15-6-8-21-19(17(15)23(26)27)22(10-13-4-2-1-3-5-13)11-16(24)14-7-9-28-12-14/h1-9,12,16,24H,10-11H2,(H2,20,25). The van der Waals surface area contributed by atoms with E-state index >= 15 is 0 Å². The zero-order valence-electron chi connectivity index (χ0n) is 14.8. The van der Waals surface area contributed by atoms with Gasteiger partial charge in [0.1, 0.15) is 5.56 Å². The number of pyridine rings is 1. The molecule has 144 valence electrons. The van der Waals surface area contributed by atoms with Crippen LogP contribution in [0.15, 0.2) is 59.4 Å². The third-order valence-corrected chi connectivity index (χ3v) is 4.89. The van der Waals surface area contributed by atoms with Crippen molar-refractivity contribution in [2.75, 3.05) is 11.4 Å². The molecule has 0 aliphatic heterocycles. The summed E-state index contributed by atoms with van der Waals surface area (Å²) in [6, 6.07) is 12.3. The summed E-state index contributed by atoms with van der Waals surface area (Å²) in [4.78, 5) is 28.4. The predicted molar refractivity (Wildman–Crippen MR) is 106 cm³/mol. The number of hydrogen-bond acceptors (Lipinski definition) is 7. The van der Waals surface area contributed by atoms with E-state index in [0.29, 0.717) is 5.56 Å². The first-order chi connectivity index (χ1) is 13.5. The molecule has 0 saturated heterocycles. The summed E-state index contributed by atoms with van der Waals surface area (Å²) in [5, 5.41) is 25.9. The number of aliphatic hydroxyl groups is 1. The van der Waals surface area contributed by atoms with Gasteiger partial charge in [-0.2, -0.15) is 11.3 Å². The van der Waals surface area contributed by atoms with Gasteiger partial charge < -0.3 is 15.7 Å². The number of carbonyl (C=O) groups excluding carboxylic acids is 1. The molecule has 8 nitrogen and oxygen atoms in total. The fourth-order valence-electron chi connectivity index (χ4n) is 2.86. The van der Waals surface area contributed by atoms with Crippen molar-refractivity contribution in [3.05, 3.63) is 86.2 Å². The van der Waals surface area contributed by atoms with Crippen molar-refractivity contribution in [2.24, 2.45) is 5.73 Å². The van der Waals surface area contributed by atoms with E-state index < -0.39 is 22.6 Å². The van der Waals surface area contributed by atoms with Crippen LogP contribution in [-0.4, -0.2) is 27.5 Å². The lowest BCUT2D eigenvalue weighted by molar-refractivity contribution is -0.384. The first-order valence-corrected chi connectivity index (χ1v) is 9.34. The van der Waals surface area contributed by atoms with E-state index in [9.17, 15) is 20.0 Å². The maximum absolute atomic E-state index is 11.7. The number of anilines is 1. The molecule has 0 radical (unpaired) electrons. The van der Waals surface area contributed by atoms with Gasteiger partial charge in [0, 0.05) is 12.7 Å². The fourth-order valence-corrected chi connectivity index (χ4v) is 3.57. The van der Waals surface area contributed by atoms with E-state index in [1.165, 1.54) is 23.6 Å². The third-order valence-electron chi connectivity index (χ3n) is 4.19. The van der Waals surface area contributed by atoms with Crippen molar-refractivity contribution in [1.82, 2.24) is 4.98 Å². The van der Waals surface area contributed by atoms with Gasteiger partial charge in [-0.3, -0.25) is 14.9 Å². The number of benzene rings is 1. The van der Waals surface area contributed by atoms with Crippen molar-refractivity contribution >= 4 is 28.7 Å². The van der Waals surface area contributed by atoms with Gasteiger partial charge in [-0.25, -0.2) is 4.98 Å². The fraction of sp³-hybridized carbons (Fsp3) is 0.158. The van der Waals surface area contributed by atoms with E-state index in [2.05, 4.69) is 4.98 Å². The molecule has 3 aromatic rings. The van der Waals surface area contributed by atoms with E-state index in [1.807, 2.05) is 41.1 Å². The number of carbonyl (C=O) groups is 1. The van der Waals surface area contributed by atoms with E-state index in [1.54, 1.807) is 11.0 Å². The summed E-state index contributed by atoms with van der Waals surface area (Å²) in [5.74, 6) is -0.923. The molecule has 1 unspecified atom stereocenters. The summed E-state index contributed by atoms with van der Waals surface area (Å²) in [5.41, 5.74) is 6.20. The second-order valence-corrected chi connectivity index (χ2v) is 6.87. The molecular weight excluding hydrogens is 380 g/mol. The zero-order valence-corrected chi connectivity index (χ0v) is 15.6. The maximum Gasteiger partial charge on any atom is 0.324 e. The molecule has 0 bridgehead atoms. The van der Waals surface area contributed by atoms with Crippen LogP contribution in [0.25, 0.3) is 0 Å². The minimum Gasteiger partial charge on any atom is -0.387 e. The summed E-state index contributed by atoms with van der Waals surface area (Å²) in [7, 11) is 0. The van der Waals surface area contributed by atoms with Gasteiger partial charge in [-0.15, -0.1) is 0 Å². The summed E-state index contributed by atoms with van der Waals surface area (Å²) >= 11 is 1.45. The lowest BCUT2D eigenvalue weighted by atomic mass is 10.1. The van der Waals surface area contributed by atoms with Gasteiger partial charge in [0.05, 0.1) is 17.6 Å². The van der Waals surface area contributed by atoms with Gasteiger partial charge >= 0.3 is 5.69 Å². The number of nitro groups is 1. The minimum absolute atomic E-state index is 0.0144. The summed E-state index contributed by atoms with van der Waals surface area (Å²) in [6.07, 6.45) is 0.422. The Bertz CT molecular complexity index is 963. The largest absolute Gasteiger partial charge is 0.387 e. The van der Waals surface area contributed by atoms with Crippen LogP contribution in [-0.2, 0) is 6.54 Å². The quantitative estimate of drug-likeness (QED) is 0.444. The van der Waals surface area contributed by atoms with Gasteiger partial charge in [0.2, 0.25) is 5.82 Å². The van der Waals surface area contributed by atoms with Crippen LogP contribution >= 0.6 is 11.3 Å². The number of primary amides is 1. The van der Waals surface area contributed by atoms with Crippen LogP contribution in [0.1, 0.15) is 27.6 Å². The highest BCUT2D eigenvalue weighted by Crippen LogP contribution is 2.32. The van der Waals surface area contributed by atoms with Crippen molar-refractivity contribution in [1.29, 1.82) is 0 Å². The van der Waals surface area contributed by atoms with Crippen molar-refractivity contribution in [3.8, 4) is 0 Å². The maximum atomic E-state index is 11.7. The Morgan fingerprint density at radius 2 is 2.04 bits per heavy atom. The van der Waals surface area contributed by atoms with Gasteiger partial charge in [-0.1, -0.05) is 30.3 Å². The average molecular weight is 398 g/mol. The molecule has 1 amide bonds. The average Bonchev–Trinajstić information content (AvgIpc) is 3.22. The highest BCUT2D eigenvalue weighted by Gasteiger charge is 2.29. The Morgan fingerprint density at radius 3 is 2.64 bits per heavy atom. The molecule has 2 aromatic heterocycles. The van der Waals surface area contributed by atoms with Gasteiger partial charge in [-0.05, 0) is 34.0 Å². The lowest BCUT2D eigenvalue weighted by Gasteiger charge is -2.26. The predicted octanol–water partition coefficient (Wildman–Crippen LogP) is 2.89. The zero-order chi connectivity index (χ0) is 20.1. The van der Waals surface area contributed by atoms with E-state index in [4.69, 9.17) is 5.73 Å². The molecule has 3 N–H and O–H groups in total.